The average Bonchev–Trinajstić information content (AvgIpc) is 2.73. The van der Waals surface area contributed by atoms with Gasteiger partial charge in [0.05, 0.1) is 12.6 Å². The Bertz CT molecular complexity index is 765. The van der Waals surface area contributed by atoms with Crippen LogP contribution in [0.25, 0.3) is 0 Å². The molecule has 1 atom stereocenters. The first-order valence-electron chi connectivity index (χ1n) is 10.1. The predicted molar refractivity (Wildman–Crippen MR) is 114 cm³/mol. The highest BCUT2D eigenvalue weighted by Gasteiger charge is 2.30. The number of piperazine rings is 1. The van der Waals surface area contributed by atoms with Crippen molar-refractivity contribution in [3.8, 4) is 0 Å². The van der Waals surface area contributed by atoms with E-state index < -0.39 is 12.0 Å². The van der Waals surface area contributed by atoms with E-state index in [0.29, 0.717) is 18.4 Å². The van der Waals surface area contributed by atoms with E-state index in [1.54, 1.807) is 6.92 Å². The first kappa shape index (κ1) is 21.6. The van der Waals surface area contributed by atoms with Crippen LogP contribution in [0.4, 0.5) is 11.6 Å². The third kappa shape index (κ3) is 5.09. The fourth-order valence-corrected chi connectivity index (χ4v) is 4.07. The lowest BCUT2D eigenvalue weighted by Gasteiger charge is -2.44. The van der Waals surface area contributed by atoms with Gasteiger partial charge in [-0.2, -0.15) is 0 Å². The zero-order chi connectivity index (χ0) is 21.0. The van der Waals surface area contributed by atoms with Crippen LogP contribution in [-0.4, -0.2) is 77.3 Å². The highest BCUT2D eigenvalue weighted by molar-refractivity contribution is 6.32. The summed E-state index contributed by atoms with van der Waals surface area (Å²) in [6, 6.07) is 0.552. The normalized spacial score (nSPS) is 20.8. The van der Waals surface area contributed by atoms with Crippen molar-refractivity contribution in [2.75, 3.05) is 49.9 Å². The van der Waals surface area contributed by atoms with E-state index >= 15 is 0 Å². The third-order valence-corrected chi connectivity index (χ3v) is 5.60. The second kappa shape index (κ2) is 9.60. The van der Waals surface area contributed by atoms with Crippen molar-refractivity contribution in [1.29, 1.82) is 0 Å². The number of rotatable bonds is 5. The topological polar surface area (TPSA) is 120 Å². The number of aromatic nitrogens is 2. The van der Waals surface area contributed by atoms with Crippen molar-refractivity contribution < 1.29 is 9.90 Å². The number of nitrogens with two attached hydrogens (primary N) is 1. The average molecular weight is 424 g/mol. The number of nitrogens with zero attached hydrogens (tertiary/aromatic N) is 4. The summed E-state index contributed by atoms with van der Waals surface area (Å²) in [6.07, 6.45) is 3.75. The van der Waals surface area contributed by atoms with Gasteiger partial charge in [0.25, 0.3) is 5.91 Å². The molecular formula is C19H30ClN7O2. The molecule has 2 saturated heterocycles. The van der Waals surface area contributed by atoms with Crippen LogP contribution in [0.2, 0.25) is 5.15 Å². The molecule has 2 fully saturated rings. The van der Waals surface area contributed by atoms with Gasteiger partial charge in [-0.3, -0.25) is 4.79 Å². The summed E-state index contributed by atoms with van der Waals surface area (Å²) in [4.78, 5) is 25.3. The highest BCUT2D eigenvalue weighted by atomic mass is 35.5. The minimum absolute atomic E-state index is 0.0234. The smallest absolute Gasteiger partial charge is 0.273 e. The van der Waals surface area contributed by atoms with Gasteiger partial charge in [-0.05, 0) is 39.8 Å². The van der Waals surface area contributed by atoms with E-state index in [2.05, 4.69) is 36.5 Å². The molecule has 2 aliphatic heterocycles. The van der Waals surface area contributed by atoms with Gasteiger partial charge >= 0.3 is 0 Å². The van der Waals surface area contributed by atoms with Crippen LogP contribution in [-0.2, 0) is 0 Å². The van der Waals surface area contributed by atoms with E-state index in [1.165, 1.54) is 5.70 Å². The number of aliphatic hydroxyl groups is 1. The number of allylic oxidation sites excluding steroid dienone is 1. The Balaban J connectivity index is 1.74. The monoisotopic (exact) mass is 423 g/mol. The van der Waals surface area contributed by atoms with Gasteiger partial charge < -0.3 is 31.3 Å². The lowest BCUT2D eigenvalue weighted by atomic mass is 10.0. The second-order valence-corrected chi connectivity index (χ2v) is 7.87. The summed E-state index contributed by atoms with van der Waals surface area (Å²) >= 11 is 6.38. The summed E-state index contributed by atoms with van der Waals surface area (Å²) in [5, 5.41) is 15.4. The largest absolute Gasteiger partial charge is 0.392 e. The van der Waals surface area contributed by atoms with Crippen molar-refractivity contribution in [2.45, 2.75) is 38.8 Å². The summed E-state index contributed by atoms with van der Waals surface area (Å²) in [6.45, 7) is 8.12. The SMILES string of the molecule is C/C=C1\CN(c2nc(N)c(C(=O)NC[C@H](C)O)nc2Cl)CCN1C1CCNCC1. The fraction of sp³-hybridized carbons (Fsp3) is 0.632. The maximum atomic E-state index is 12.2. The molecule has 1 aromatic rings. The van der Waals surface area contributed by atoms with Crippen molar-refractivity contribution in [3.63, 3.8) is 0 Å². The first-order chi connectivity index (χ1) is 13.9. The standard InChI is InChI=1S/C19H30ClN7O2/c1-3-13-11-26(8-9-27(13)14-4-6-22-7-5-14)18-16(20)24-15(17(21)25-18)19(29)23-10-12(2)28/h3,12,14,22,28H,4-11H2,1-2H3,(H2,21,25)(H,23,29)/b13-3+/t12-/m0/s1. The molecule has 0 bridgehead atoms. The molecule has 1 aromatic heterocycles. The Morgan fingerprint density at radius 3 is 2.79 bits per heavy atom. The second-order valence-electron chi connectivity index (χ2n) is 7.51. The number of amides is 1. The molecule has 0 saturated carbocycles. The maximum absolute atomic E-state index is 12.2. The Kier molecular flexibility index (Phi) is 7.15. The van der Waals surface area contributed by atoms with Crippen molar-refractivity contribution >= 4 is 29.1 Å². The van der Waals surface area contributed by atoms with E-state index in [9.17, 15) is 9.90 Å². The summed E-state index contributed by atoms with van der Waals surface area (Å²) in [5.74, 6) is 0.00470. The van der Waals surface area contributed by atoms with Gasteiger partial charge in [0.2, 0.25) is 0 Å². The Morgan fingerprint density at radius 2 is 2.14 bits per heavy atom. The molecule has 3 heterocycles. The van der Waals surface area contributed by atoms with Crippen LogP contribution in [0.15, 0.2) is 11.8 Å². The number of carbonyl (C=O) groups excluding carboxylic acids is 1. The van der Waals surface area contributed by atoms with E-state index in [-0.39, 0.29) is 23.2 Å². The van der Waals surface area contributed by atoms with Gasteiger partial charge in [-0.1, -0.05) is 17.7 Å². The van der Waals surface area contributed by atoms with Gasteiger partial charge in [0, 0.05) is 31.4 Å². The molecule has 0 aromatic carbocycles. The zero-order valence-corrected chi connectivity index (χ0v) is 17.7. The number of halogens is 1. The maximum Gasteiger partial charge on any atom is 0.273 e. The van der Waals surface area contributed by atoms with Crippen molar-refractivity contribution in [2.24, 2.45) is 0 Å². The van der Waals surface area contributed by atoms with Crippen molar-refractivity contribution in [1.82, 2.24) is 25.5 Å². The number of aliphatic hydroxyl groups excluding tert-OH is 1. The number of carbonyl (C=O) groups is 1. The molecule has 9 nitrogen and oxygen atoms in total. The number of nitrogen functional groups attached to an aromatic ring is 1. The molecule has 2 aliphatic rings. The molecular weight excluding hydrogens is 394 g/mol. The lowest BCUT2D eigenvalue weighted by Crippen LogP contribution is -2.51. The van der Waals surface area contributed by atoms with Crippen LogP contribution in [0.3, 0.4) is 0 Å². The van der Waals surface area contributed by atoms with Crippen LogP contribution in [0.1, 0.15) is 37.2 Å². The molecule has 0 spiro atoms. The fourth-order valence-electron chi connectivity index (χ4n) is 3.82. The Hall–Kier alpha value is -2.10. The molecule has 29 heavy (non-hydrogen) atoms. The van der Waals surface area contributed by atoms with Crippen LogP contribution < -0.4 is 21.3 Å². The Labute approximate surface area is 176 Å². The first-order valence-corrected chi connectivity index (χ1v) is 10.4. The number of anilines is 2. The zero-order valence-electron chi connectivity index (χ0n) is 17.0. The summed E-state index contributed by atoms with van der Waals surface area (Å²) in [5.41, 5.74) is 7.21. The molecule has 3 rings (SSSR count). The molecule has 5 N–H and O–H groups in total. The molecule has 160 valence electrons. The van der Waals surface area contributed by atoms with Gasteiger partial charge in [-0.25, -0.2) is 9.97 Å². The van der Waals surface area contributed by atoms with Crippen LogP contribution >= 0.6 is 11.6 Å². The van der Waals surface area contributed by atoms with E-state index in [4.69, 9.17) is 17.3 Å². The van der Waals surface area contributed by atoms with Crippen LogP contribution in [0.5, 0.6) is 0 Å². The van der Waals surface area contributed by atoms with Gasteiger partial charge in [0.1, 0.15) is 0 Å². The predicted octanol–water partition coefficient (Wildman–Crippen LogP) is 0.601. The molecule has 1 amide bonds. The molecule has 10 heteroatoms. The Morgan fingerprint density at radius 1 is 1.41 bits per heavy atom. The molecule has 0 radical (unpaired) electrons. The molecule has 0 aliphatic carbocycles. The molecule has 0 unspecified atom stereocenters. The van der Waals surface area contributed by atoms with Gasteiger partial charge in [-0.15, -0.1) is 0 Å². The van der Waals surface area contributed by atoms with E-state index in [0.717, 1.165) is 39.0 Å². The number of hydrogen-bond donors (Lipinski definition) is 4. The van der Waals surface area contributed by atoms with Gasteiger partial charge in [0.15, 0.2) is 22.5 Å². The summed E-state index contributed by atoms with van der Waals surface area (Å²) in [7, 11) is 0. The minimum atomic E-state index is -0.668. The number of piperidine rings is 1. The quantitative estimate of drug-likeness (QED) is 0.543. The number of hydrogen-bond acceptors (Lipinski definition) is 8. The van der Waals surface area contributed by atoms with E-state index in [1.807, 2.05) is 6.92 Å². The van der Waals surface area contributed by atoms with Crippen molar-refractivity contribution in [3.05, 3.63) is 22.6 Å². The third-order valence-electron chi connectivity index (χ3n) is 5.35. The minimum Gasteiger partial charge on any atom is -0.392 e. The number of nitrogens with one attached hydrogen (secondary N) is 2. The van der Waals surface area contributed by atoms with Crippen LogP contribution in [0, 0.1) is 0 Å². The lowest BCUT2D eigenvalue weighted by molar-refractivity contribution is 0.0919. The summed E-state index contributed by atoms with van der Waals surface area (Å²) < 4.78 is 0. The highest BCUT2D eigenvalue weighted by Crippen LogP contribution is 2.29.